The van der Waals surface area contributed by atoms with E-state index in [4.69, 9.17) is 9.84 Å². The fourth-order valence-electron chi connectivity index (χ4n) is 1.92. The van der Waals surface area contributed by atoms with Crippen LogP contribution in [0.2, 0.25) is 0 Å². The van der Waals surface area contributed by atoms with E-state index in [2.05, 4.69) is 5.32 Å². The minimum atomic E-state index is -2.94. The van der Waals surface area contributed by atoms with Crippen molar-refractivity contribution in [2.24, 2.45) is 5.92 Å². The molecular weight excluding hydrogens is 246 g/mol. The average molecular weight is 265 g/mol. The van der Waals surface area contributed by atoms with Crippen LogP contribution >= 0.6 is 0 Å². The van der Waals surface area contributed by atoms with Gasteiger partial charge in [-0.15, -0.1) is 0 Å². The molecule has 0 bridgehead atoms. The first-order chi connectivity index (χ1) is 7.96. The predicted octanol–water partition coefficient (Wildman–Crippen LogP) is -1.07. The molecule has 7 heteroatoms. The van der Waals surface area contributed by atoms with E-state index >= 15 is 0 Å². The van der Waals surface area contributed by atoms with Crippen LogP contribution in [0.1, 0.15) is 12.8 Å². The van der Waals surface area contributed by atoms with Gasteiger partial charge in [-0.25, -0.2) is 8.42 Å². The Morgan fingerprint density at radius 1 is 1.59 bits per heavy atom. The first kappa shape index (κ1) is 14.4. The molecule has 0 radical (unpaired) electrons. The minimum Gasteiger partial charge on any atom is -0.394 e. The Morgan fingerprint density at radius 2 is 2.29 bits per heavy atom. The summed E-state index contributed by atoms with van der Waals surface area (Å²) < 4.78 is 27.3. The first-order valence-electron chi connectivity index (χ1n) is 5.56. The van der Waals surface area contributed by atoms with Crippen LogP contribution in [0.3, 0.4) is 0 Å². The average Bonchev–Trinajstić information content (AvgIpc) is 2.57. The number of hydrogen-bond donors (Lipinski definition) is 2. The van der Waals surface area contributed by atoms with Crippen LogP contribution in [-0.4, -0.2) is 57.3 Å². The van der Waals surface area contributed by atoms with Gasteiger partial charge in [0.05, 0.1) is 30.8 Å². The van der Waals surface area contributed by atoms with Crippen LogP contribution in [0.4, 0.5) is 0 Å². The summed E-state index contributed by atoms with van der Waals surface area (Å²) >= 11 is 0. The molecule has 1 rings (SSSR count). The summed E-state index contributed by atoms with van der Waals surface area (Å²) in [5.74, 6) is -0.0638. The lowest BCUT2D eigenvalue weighted by Crippen LogP contribution is -2.41. The SMILES string of the molecule is COCC(CO)NC(=O)CC1CCS(=O)(=O)C1. The number of carbonyl (C=O) groups is 1. The van der Waals surface area contributed by atoms with Gasteiger partial charge in [0, 0.05) is 13.5 Å². The maximum Gasteiger partial charge on any atom is 0.220 e. The molecule has 0 aromatic heterocycles. The van der Waals surface area contributed by atoms with Gasteiger partial charge < -0.3 is 15.2 Å². The second-order valence-electron chi connectivity index (χ2n) is 4.38. The van der Waals surface area contributed by atoms with Gasteiger partial charge in [-0.1, -0.05) is 0 Å². The van der Waals surface area contributed by atoms with E-state index in [0.29, 0.717) is 6.42 Å². The number of aliphatic hydroxyl groups excluding tert-OH is 1. The molecule has 100 valence electrons. The second kappa shape index (κ2) is 6.32. The van der Waals surface area contributed by atoms with Gasteiger partial charge in [0.15, 0.2) is 9.84 Å². The highest BCUT2D eigenvalue weighted by Gasteiger charge is 2.29. The highest BCUT2D eigenvalue weighted by Crippen LogP contribution is 2.21. The van der Waals surface area contributed by atoms with Crippen molar-refractivity contribution in [2.75, 3.05) is 31.8 Å². The monoisotopic (exact) mass is 265 g/mol. The number of nitrogens with one attached hydrogen (secondary N) is 1. The Morgan fingerprint density at radius 3 is 2.76 bits per heavy atom. The van der Waals surface area contributed by atoms with E-state index in [9.17, 15) is 13.2 Å². The van der Waals surface area contributed by atoms with Crippen molar-refractivity contribution in [2.45, 2.75) is 18.9 Å². The molecule has 2 atom stereocenters. The maximum absolute atomic E-state index is 11.6. The van der Waals surface area contributed by atoms with Gasteiger partial charge in [-0.3, -0.25) is 4.79 Å². The molecule has 0 saturated carbocycles. The number of aliphatic hydroxyl groups is 1. The van der Waals surface area contributed by atoms with Crippen LogP contribution in [0.25, 0.3) is 0 Å². The van der Waals surface area contributed by atoms with E-state index in [1.165, 1.54) is 7.11 Å². The van der Waals surface area contributed by atoms with Crippen molar-refractivity contribution in [1.29, 1.82) is 0 Å². The van der Waals surface area contributed by atoms with Crippen LogP contribution in [-0.2, 0) is 19.4 Å². The fourth-order valence-corrected chi connectivity index (χ4v) is 3.78. The molecule has 1 amide bonds. The van der Waals surface area contributed by atoms with E-state index in [1.807, 2.05) is 0 Å². The van der Waals surface area contributed by atoms with Crippen molar-refractivity contribution >= 4 is 15.7 Å². The largest absolute Gasteiger partial charge is 0.394 e. The number of sulfone groups is 1. The molecule has 1 heterocycles. The lowest BCUT2D eigenvalue weighted by molar-refractivity contribution is -0.123. The van der Waals surface area contributed by atoms with Crippen molar-refractivity contribution in [3.05, 3.63) is 0 Å². The molecule has 17 heavy (non-hydrogen) atoms. The number of carbonyl (C=O) groups excluding carboxylic acids is 1. The fraction of sp³-hybridized carbons (Fsp3) is 0.900. The normalized spacial score (nSPS) is 24.5. The number of amides is 1. The van der Waals surface area contributed by atoms with Crippen molar-refractivity contribution in [3.8, 4) is 0 Å². The Kier molecular flexibility index (Phi) is 5.35. The van der Waals surface area contributed by atoms with Crippen molar-refractivity contribution in [1.82, 2.24) is 5.32 Å². The Bertz CT molecular complexity index is 354. The predicted molar refractivity (Wildman–Crippen MR) is 62.3 cm³/mol. The summed E-state index contributed by atoms with van der Waals surface area (Å²) in [6.45, 7) is 0.0494. The summed E-state index contributed by atoms with van der Waals surface area (Å²) in [4.78, 5) is 11.6. The van der Waals surface area contributed by atoms with Crippen LogP contribution in [0, 0.1) is 5.92 Å². The molecule has 0 aromatic carbocycles. The highest BCUT2D eigenvalue weighted by atomic mass is 32.2. The molecule has 0 aromatic rings. The van der Waals surface area contributed by atoms with Crippen LogP contribution in [0.5, 0.6) is 0 Å². The second-order valence-corrected chi connectivity index (χ2v) is 6.60. The zero-order valence-electron chi connectivity index (χ0n) is 9.89. The molecular formula is C10H19NO5S. The molecule has 1 aliphatic heterocycles. The smallest absolute Gasteiger partial charge is 0.220 e. The van der Waals surface area contributed by atoms with Gasteiger partial charge >= 0.3 is 0 Å². The molecule has 1 fully saturated rings. The van der Waals surface area contributed by atoms with Gasteiger partial charge in [0.2, 0.25) is 5.91 Å². The van der Waals surface area contributed by atoms with Gasteiger partial charge in [-0.2, -0.15) is 0 Å². The maximum atomic E-state index is 11.6. The lowest BCUT2D eigenvalue weighted by atomic mass is 10.0. The van der Waals surface area contributed by atoms with Gasteiger partial charge in [0.25, 0.3) is 0 Å². The number of methoxy groups -OCH3 is 1. The summed E-state index contributed by atoms with van der Waals surface area (Å²) in [5, 5.41) is 11.6. The molecule has 2 unspecified atom stereocenters. The molecule has 6 nitrogen and oxygen atoms in total. The van der Waals surface area contributed by atoms with Gasteiger partial charge in [0.1, 0.15) is 0 Å². The first-order valence-corrected chi connectivity index (χ1v) is 7.38. The zero-order valence-corrected chi connectivity index (χ0v) is 10.7. The standard InChI is InChI=1S/C10H19NO5S/c1-16-6-9(5-12)11-10(13)4-8-2-3-17(14,15)7-8/h8-9,12H,2-7H2,1H3,(H,11,13). The van der Waals surface area contributed by atoms with E-state index in [1.54, 1.807) is 0 Å². The quantitative estimate of drug-likeness (QED) is 0.638. The summed E-state index contributed by atoms with van der Waals surface area (Å²) in [5.41, 5.74) is 0. The third-order valence-electron chi connectivity index (χ3n) is 2.75. The van der Waals surface area contributed by atoms with Gasteiger partial charge in [-0.05, 0) is 12.3 Å². The number of hydrogen-bond acceptors (Lipinski definition) is 5. The molecule has 2 N–H and O–H groups in total. The topological polar surface area (TPSA) is 92.7 Å². The van der Waals surface area contributed by atoms with E-state index in [-0.39, 0.29) is 43.0 Å². The third kappa shape index (κ3) is 5.01. The Hall–Kier alpha value is -0.660. The number of rotatable bonds is 6. The molecule has 0 aliphatic carbocycles. The van der Waals surface area contributed by atoms with Crippen molar-refractivity contribution in [3.63, 3.8) is 0 Å². The Balaban J connectivity index is 2.34. The van der Waals surface area contributed by atoms with Crippen LogP contribution < -0.4 is 5.32 Å². The summed E-state index contributed by atoms with van der Waals surface area (Å²) in [6.07, 6.45) is 0.739. The molecule has 1 saturated heterocycles. The highest BCUT2D eigenvalue weighted by molar-refractivity contribution is 7.91. The zero-order chi connectivity index (χ0) is 12.9. The van der Waals surface area contributed by atoms with Crippen molar-refractivity contribution < 1.29 is 23.1 Å². The minimum absolute atomic E-state index is 0.0918. The van der Waals surface area contributed by atoms with Crippen LogP contribution in [0.15, 0.2) is 0 Å². The third-order valence-corrected chi connectivity index (χ3v) is 4.59. The summed E-state index contributed by atoms with van der Waals surface area (Å²) in [7, 11) is -1.45. The Labute approximate surface area is 101 Å². The van der Waals surface area contributed by atoms with E-state index in [0.717, 1.165) is 0 Å². The van der Waals surface area contributed by atoms with E-state index < -0.39 is 15.9 Å². The summed E-state index contributed by atoms with van der Waals surface area (Å²) in [6, 6.07) is -0.425. The molecule has 1 aliphatic rings. The lowest BCUT2D eigenvalue weighted by Gasteiger charge is -2.16. The molecule has 0 spiro atoms. The number of ether oxygens (including phenoxy) is 1.